The lowest BCUT2D eigenvalue weighted by atomic mass is 9.96. The molecule has 0 saturated carbocycles. The van der Waals surface area contributed by atoms with Crippen LogP contribution in [0, 0.1) is 12.3 Å². The summed E-state index contributed by atoms with van der Waals surface area (Å²) in [5.74, 6) is 1.03. The van der Waals surface area contributed by atoms with Gasteiger partial charge in [0.25, 0.3) is 5.91 Å². The fourth-order valence-corrected chi connectivity index (χ4v) is 3.40. The fourth-order valence-electron chi connectivity index (χ4n) is 2.71. The van der Waals surface area contributed by atoms with Gasteiger partial charge in [-0.3, -0.25) is 9.59 Å². The van der Waals surface area contributed by atoms with Crippen LogP contribution in [-0.4, -0.2) is 29.9 Å². The van der Waals surface area contributed by atoms with Gasteiger partial charge in [0, 0.05) is 23.9 Å². The number of nitrogens with zero attached hydrogens (tertiary/aromatic N) is 1. The molecule has 0 fully saturated rings. The maximum absolute atomic E-state index is 12.3. The molecule has 0 spiro atoms. The van der Waals surface area contributed by atoms with Gasteiger partial charge < -0.3 is 15.4 Å². The van der Waals surface area contributed by atoms with Crippen LogP contribution in [0.1, 0.15) is 73.6 Å². The summed E-state index contributed by atoms with van der Waals surface area (Å²) < 4.78 is 6.00. The van der Waals surface area contributed by atoms with E-state index in [9.17, 15) is 9.59 Å². The van der Waals surface area contributed by atoms with Crippen molar-refractivity contribution in [1.29, 1.82) is 0 Å². The number of ether oxygens (including phenoxy) is 1. The van der Waals surface area contributed by atoms with Gasteiger partial charge in [0.1, 0.15) is 23.1 Å². The number of carbonyl (C=O) groups is 2. The summed E-state index contributed by atoms with van der Waals surface area (Å²) in [6.07, 6.45) is 0.666. The molecule has 0 aliphatic heterocycles. The van der Waals surface area contributed by atoms with Gasteiger partial charge in [-0.2, -0.15) is 0 Å². The summed E-state index contributed by atoms with van der Waals surface area (Å²) in [5.41, 5.74) is 2.29. The third-order valence-electron chi connectivity index (χ3n) is 4.53. The first-order valence-electron chi connectivity index (χ1n) is 10.3. The zero-order valence-corrected chi connectivity index (χ0v) is 19.6. The fraction of sp³-hybridized carbons (Fsp3) is 0.522. The van der Waals surface area contributed by atoms with Crippen LogP contribution in [0.4, 0.5) is 0 Å². The molecule has 0 aliphatic carbocycles. The molecule has 2 rings (SSSR count). The minimum absolute atomic E-state index is 0.00667. The van der Waals surface area contributed by atoms with Gasteiger partial charge in [-0.05, 0) is 36.5 Å². The standard InChI is InChI=1S/C23H33N3O3S/c1-15(2)17-9-8-16(3)12-19(17)29-13-20-26-18(14-30-20)21(27)24-10-7-11-25-22(28)23(4,5)6/h8-9,12,14-15H,7,10-11,13H2,1-6H3,(H,24,27)(H,25,28). The van der Waals surface area contributed by atoms with E-state index in [4.69, 9.17) is 4.74 Å². The number of thiazole rings is 1. The van der Waals surface area contributed by atoms with E-state index < -0.39 is 5.41 Å². The van der Waals surface area contributed by atoms with Gasteiger partial charge >= 0.3 is 0 Å². The Hall–Kier alpha value is -2.41. The lowest BCUT2D eigenvalue weighted by molar-refractivity contribution is -0.128. The molecule has 0 saturated heterocycles. The number of hydrogen-bond acceptors (Lipinski definition) is 5. The van der Waals surface area contributed by atoms with Crippen LogP contribution in [0.15, 0.2) is 23.6 Å². The molecule has 2 aromatic rings. The topological polar surface area (TPSA) is 80.3 Å². The molecule has 164 valence electrons. The highest BCUT2D eigenvalue weighted by Crippen LogP contribution is 2.28. The lowest BCUT2D eigenvalue weighted by Gasteiger charge is -2.17. The van der Waals surface area contributed by atoms with E-state index in [1.165, 1.54) is 11.3 Å². The third kappa shape index (κ3) is 7.13. The Kier molecular flexibility index (Phi) is 8.41. The second-order valence-corrected chi connectivity index (χ2v) is 9.67. The average Bonchev–Trinajstić information content (AvgIpc) is 3.14. The number of benzene rings is 1. The highest BCUT2D eigenvalue weighted by molar-refractivity contribution is 7.09. The maximum atomic E-state index is 12.3. The third-order valence-corrected chi connectivity index (χ3v) is 5.35. The Labute approximate surface area is 183 Å². The quantitative estimate of drug-likeness (QED) is 0.576. The molecule has 0 radical (unpaired) electrons. The van der Waals surface area contributed by atoms with Crippen LogP contribution >= 0.6 is 11.3 Å². The van der Waals surface area contributed by atoms with Crippen molar-refractivity contribution in [3.8, 4) is 5.75 Å². The highest BCUT2D eigenvalue weighted by Gasteiger charge is 2.20. The Bertz CT molecular complexity index is 869. The van der Waals surface area contributed by atoms with Gasteiger partial charge in [0.05, 0.1) is 0 Å². The first kappa shape index (κ1) is 23.9. The summed E-state index contributed by atoms with van der Waals surface area (Å²) >= 11 is 1.41. The van der Waals surface area contributed by atoms with Gasteiger partial charge in [0.15, 0.2) is 0 Å². The average molecular weight is 432 g/mol. The van der Waals surface area contributed by atoms with Gasteiger partial charge in [-0.1, -0.05) is 46.8 Å². The van der Waals surface area contributed by atoms with Crippen LogP contribution in [0.3, 0.4) is 0 Å². The molecular weight excluding hydrogens is 398 g/mol. The van der Waals surface area contributed by atoms with Gasteiger partial charge in [-0.25, -0.2) is 4.98 Å². The summed E-state index contributed by atoms with van der Waals surface area (Å²) in [4.78, 5) is 28.5. The van der Waals surface area contributed by atoms with Crippen molar-refractivity contribution in [2.45, 2.75) is 60.5 Å². The van der Waals surface area contributed by atoms with Crippen LogP contribution in [0.25, 0.3) is 0 Å². The lowest BCUT2D eigenvalue weighted by Crippen LogP contribution is -2.36. The first-order chi connectivity index (χ1) is 14.1. The number of nitrogens with one attached hydrogen (secondary N) is 2. The van der Waals surface area contributed by atoms with E-state index in [0.717, 1.165) is 21.9 Å². The molecule has 2 amide bonds. The molecule has 6 nitrogen and oxygen atoms in total. The minimum Gasteiger partial charge on any atom is -0.486 e. The molecule has 1 aromatic carbocycles. The summed E-state index contributed by atoms with van der Waals surface area (Å²) in [6.45, 7) is 13.3. The molecule has 0 bridgehead atoms. The Morgan fingerprint density at radius 2 is 1.87 bits per heavy atom. The van der Waals surface area contributed by atoms with Crippen molar-refractivity contribution in [2.75, 3.05) is 13.1 Å². The molecule has 1 heterocycles. The van der Waals surface area contributed by atoms with Crippen LogP contribution < -0.4 is 15.4 Å². The van der Waals surface area contributed by atoms with E-state index in [0.29, 0.717) is 37.7 Å². The van der Waals surface area contributed by atoms with Crippen molar-refractivity contribution in [3.05, 3.63) is 45.4 Å². The molecule has 0 atom stereocenters. The zero-order valence-electron chi connectivity index (χ0n) is 18.8. The monoisotopic (exact) mass is 431 g/mol. The number of rotatable bonds is 9. The minimum atomic E-state index is -0.406. The highest BCUT2D eigenvalue weighted by atomic mass is 32.1. The molecular formula is C23H33N3O3S. The van der Waals surface area contributed by atoms with Gasteiger partial charge in [0.2, 0.25) is 5.91 Å². The molecule has 0 aliphatic rings. The van der Waals surface area contributed by atoms with Crippen molar-refractivity contribution in [1.82, 2.24) is 15.6 Å². The number of hydrogen-bond donors (Lipinski definition) is 2. The van der Waals surface area contributed by atoms with E-state index in [-0.39, 0.29) is 11.8 Å². The number of amides is 2. The van der Waals surface area contributed by atoms with Gasteiger partial charge in [-0.15, -0.1) is 11.3 Å². The molecule has 1 aromatic heterocycles. The van der Waals surface area contributed by atoms with Crippen molar-refractivity contribution in [2.24, 2.45) is 5.41 Å². The number of aryl methyl sites for hydroxylation is 1. The molecule has 0 unspecified atom stereocenters. The largest absolute Gasteiger partial charge is 0.486 e. The van der Waals surface area contributed by atoms with E-state index in [1.807, 2.05) is 33.8 Å². The predicted molar refractivity (Wildman–Crippen MR) is 121 cm³/mol. The Morgan fingerprint density at radius 1 is 1.17 bits per heavy atom. The first-order valence-corrected chi connectivity index (χ1v) is 11.2. The van der Waals surface area contributed by atoms with E-state index in [1.54, 1.807) is 5.38 Å². The van der Waals surface area contributed by atoms with Crippen LogP contribution in [-0.2, 0) is 11.4 Å². The summed E-state index contributed by atoms with van der Waals surface area (Å²) in [7, 11) is 0. The predicted octanol–water partition coefficient (Wildman–Crippen LogP) is 4.44. The summed E-state index contributed by atoms with van der Waals surface area (Å²) in [5, 5.41) is 8.21. The Balaban J connectivity index is 1.80. The smallest absolute Gasteiger partial charge is 0.270 e. The molecule has 2 N–H and O–H groups in total. The van der Waals surface area contributed by atoms with Crippen LogP contribution in [0.5, 0.6) is 5.75 Å². The SMILES string of the molecule is Cc1ccc(C(C)C)c(OCc2nc(C(=O)NCCCNC(=O)C(C)(C)C)cs2)c1. The van der Waals surface area contributed by atoms with Crippen molar-refractivity contribution in [3.63, 3.8) is 0 Å². The van der Waals surface area contributed by atoms with Crippen molar-refractivity contribution < 1.29 is 14.3 Å². The van der Waals surface area contributed by atoms with E-state index in [2.05, 4.69) is 41.6 Å². The summed E-state index contributed by atoms with van der Waals surface area (Å²) in [6, 6.07) is 6.22. The number of carbonyl (C=O) groups excluding carboxylic acids is 2. The second-order valence-electron chi connectivity index (χ2n) is 8.73. The Morgan fingerprint density at radius 3 is 2.53 bits per heavy atom. The van der Waals surface area contributed by atoms with Crippen LogP contribution in [0.2, 0.25) is 0 Å². The zero-order chi connectivity index (χ0) is 22.3. The second kappa shape index (κ2) is 10.6. The van der Waals surface area contributed by atoms with Crippen molar-refractivity contribution >= 4 is 23.2 Å². The maximum Gasteiger partial charge on any atom is 0.270 e. The molecule has 30 heavy (non-hydrogen) atoms. The number of aromatic nitrogens is 1. The molecule has 7 heteroatoms. The normalized spacial score (nSPS) is 11.4. The van der Waals surface area contributed by atoms with E-state index >= 15 is 0 Å².